The van der Waals surface area contributed by atoms with Crippen LogP contribution in [0.4, 0.5) is 13.2 Å². The highest BCUT2D eigenvalue weighted by molar-refractivity contribution is 6.55. The highest BCUT2D eigenvalue weighted by Gasteiger charge is 2.55. The van der Waals surface area contributed by atoms with Crippen LogP contribution in [0.15, 0.2) is 34.8 Å². The van der Waals surface area contributed by atoms with Gasteiger partial charge in [-0.3, -0.25) is 0 Å². The van der Waals surface area contributed by atoms with Crippen LogP contribution in [0.1, 0.15) is 19.4 Å². The Bertz CT molecular complexity index is 548. The van der Waals surface area contributed by atoms with E-state index in [9.17, 15) is 13.2 Å². The lowest BCUT2D eigenvalue weighted by molar-refractivity contribution is -0.274. The van der Waals surface area contributed by atoms with Crippen molar-refractivity contribution in [1.29, 1.82) is 0 Å². The Labute approximate surface area is 131 Å². The number of hydrogen-bond acceptors (Lipinski definition) is 1. The molecular weight excluding hydrogens is 324 g/mol. The number of ether oxygens (including phenoxy) is 1. The number of rotatable bonds is 4. The quantitative estimate of drug-likeness (QED) is 0.682. The van der Waals surface area contributed by atoms with Crippen LogP contribution in [-0.2, 0) is 6.42 Å². The molecule has 0 spiro atoms. The zero-order chi connectivity index (χ0) is 15.8. The second-order valence-electron chi connectivity index (χ2n) is 5.81. The van der Waals surface area contributed by atoms with Crippen LogP contribution in [0.5, 0.6) is 5.75 Å². The van der Waals surface area contributed by atoms with Crippen molar-refractivity contribution < 1.29 is 17.9 Å². The van der Waals surface area contributed by atoms with Crippen molar-refractivity contribution in [2.45, 2.75) is 26.6 Å². The largest absolute Gasteiger partial charge is 0.573 e. The first-order valence-corrected chi connectivity index (χ1v) is 7.22. The third-order valence-corrected chi connectivity index (χ3v) is 4.28. The number of halogens is 5. The molecule has 6 heteroatoms. The molecule has 0 heterocycles. The monoisotopic (exact) mass is 338 g/mol. The lowest BCUT2D eigenvalue weighted by Crippen LogP contribution is -2.17. The fourth-order valence-electron chi connectivity index (χ4n) is 2.77. The van der Waals surface area contributed by atoms with E-state index in [-0.39, 0.29) is 21.6 Å². The minimum Gasteiger partial charge on any atom is -0.406 e. The molecule has 0 amide bonds. The van der Waals surface area contributed by atoms with E-state index in [2.05, 4.69) is 18.6 Å². The van der Waals surface area contributed by atoms with Crippen LogP contribution in [-0.4, -0.2) is 6.36 Å². The summed E-state index contributed by atoms with van der Waals surface area (Å²) in [5, 5.41) is 0. The summed E-state index contributed by atoms with van der Waals surface area (Å²) in [5.41, 5.74) is 0.840. The van der Waals surface area contributed by atoms with Crippen LogP contribution in [0.25, 0.3) is 0 Å². The minimum atomic E-state index is -4.67. The molecule has 2 unspecified atom stereocenters. The van der Waals surface area contributed by atoms with Crippen LogP contribution >= 0.6 is 23.2 Å². The maximum Gasteiger partial charge on any atom is 0.573 e. The molecule has 0 N–H and O–H groups in total. The molecule has 1 aliphatic rings. The van der Waals surface area contributed by atoms with Crippen molar-refractivity contribution in [1.82, 2.24) is 0 Å². The predicted molar refractivity (Wildman–Crippen MR) is 77.4 cm³/mol. The van der Waals surface area contributed by atoms with Crippen molar-refractivity contribution in [2.75, 3.05) is 0 Å². The molecule has 1 aromatic carbocycles. The maximum atomic E-state index is 12.2. The number of benzene rings is 1. The van der Waals surface area contributed by atoms with Crippen molar-refractivity contribution in [3.63, 3.8) is 0 Å². The van der Waals surface area contributed by atoms with Gasteiger partial charge in [0.25, 0.3) is 0 Å². The smallest absolute Gasteiger partial charge is 0.406 e. The Morgan fingerprint density at radius 2 is 2.00 bits per heavy atom. The number of hydrogen-bond donors (Lipinski definition) is 0. The van der Waals surface area contributed by atoms with Gasteiger partial charge in [-0.15, -0.1) is 13.2 Å². The molecule has 0 bridgehead atoms. The molecule has 1 saturated carbocycles. The van der Waals surface area contributed by atoms with E-state index < -0.39 is 6.36 Å². The van der Waals surface area contributed by atoms with Gasteiger partial charge in [0.2, 0.25) is 0 Å². The highest BCUT2D eigenvalue weighted by atomic mass is 35.5. The summed E-state index contributed by atoms with van der Waals surface area (Å²) in [6, 6.07) is 6.07. The summed E-state index contributed by atoms with van der Waals surface area (Å²) in [5.74, 6) is 0.335. The molecule has 116 valence electrons. The SMILES string of the molecule is CC1(C)C(C=C(Cl)Cl)C1Cc1cccc(OC(F)(F)F)c1. The number of alkyl halides is 3. The Kier molecular flexibility index (Phi) is 4.50. The first-order chi connectivity index (χ1) is 9.59. The van der Waals surface area contributed by atoms with Gasteiger partial charge >= 0.3 is 6.36 Å². The molecule has 0 radical (unpaired) electrons. The second-order valence-corrected chi connectivity index (χ2v) is 6.82. The van der Waals surface area contributed by atoms with Gasteiger partial charge in [0.15, 0.2) is 0 Å². The minimum absolute atomic E-state index is 0.0376. The zero-order valence-corrected chi connectivity index (χ0v) is 13.1. The molecule has 2 atom stereocenters. The molecule has 1 aromatic rings. The van der Waals surface area contributed by atoms with Crippen LogP contribution in [0, 0.1) is 17.3 Å². The summed E-state index contributed by atoms with van der Waals surface area (Å²) in [6.07, 6.45) is -2.22. The van der Waals surface area contributed by atoms with E-state index in [0.29, 0.717) is 12.3 Å². The molecular formula is C15H15Cl2F3O. The topological polar surface area (TPSA) is 9.23 Å². The molecule has 1 nitrogen and oxygen atoms in total. The molecule has 0 aliphatic heterocycles. The fraction of sp³-hybridized carbons (Fsp3) is 0.467. The standard InChI is InChI=1S/C15H15Cl2F3O/c1-14(2)11(12(14)8-13(16)17)7-9-4-3-5-10(6-9)21-15(18,19)20/h3-6,8,11-12H,7H2,1-2H3. The van der Waals surface area contributed by atoms with Gasteiger partial charge in [-0.25, -0.2) is 0 Å². The van der Waals surface area contributed by atoms with Gasteiger partial charge in [0.05, 0.1) is 0 Å². The van der Waals surface area contributed by atoms with Gasteiger partial charge < -0.3 is 4.74 Å². The van der Waals surface area contributed by atoms with Crippen LogP contribution < -0.4 is 4.74 Å². The van der Waals surface area contributed by atoms with Crippen LogP contribution in [0.2, 0.25) is 0 Å². The first-order valence-electron chi connectivity index (χ1n) is 6.47. The van der Waals surface area contributed by atoms with Gasteiger partial charge in [-0.1, -0.05) is 55.3 Å². The molecule has 1 fully saturated rings. The first kappa shape index (κ1) is 16.5. The van der Waals surface area contributed by atoms with Gasteiger partial charge in [-0.05, 0) is 41.4 Å². The molecule has 0 aromatic heterocycles. The lowest BCUT2D eigenvalue weighted by Gasteiger charge is -2.10. The Morgan fingerprint density at radius 3 is 2.57 bits per heavy atom. The summed E-state index contributed by atoms with van der Waals surface area (Å²) < 4.78 is 40.8. The highest BCUT2D eigenvalue weighted by Crippen LogP contribution is 2.61. The summed E-state index contributed by atoms with van der Waals surface area (Å²) >= 11 is 11.4. The Hall–Kier alpha value is -0.870. The molecule has 2 rings (SSSR count). The van der Waals surface area contributed by atoms with E-state index in [1.54, 1.807) is 18.2 Å². The third kappa shape index (κ3) is 4.30. The Balaban J connectivity index is 2.08. The normalized spacial score (nSPS) is 23.6. The lowest BCUT2D eigenvalue weighted by atomic mass is 10.0. The van der Waals surface area contributed by atoms with E-state index in [0.717, 1.165) is 5.56 Å². The maximum absolute atomic E-state index is 12.2. The van der Waals surface area contributed by atoms with E-state index in [1.807, 2.05) is 0 Å². The predicted octanol–water partition coefficient (Wildman–Crippen LogP) is 5.72. The third-order valence-electron chi connectivity index (χ3n) is 4.03. The average molecular weight is 339 g/mol. The average Bonchev–Trinajstić information content (AvgIpc) is 2.78. The van der Waals surface area contributed by atoms with Crippen molar-refractivity contribution in [3.05, 3.63) is 40.4 Å². The fourth-order valence-corrected chi connectivity index (χ4v) is 3.04. The summed E-state index contributed by atoms with van der Waals surface area (Å²) in [6.45, 7) is 4.18. The Morgan fingerprint density at radius 1 is 1.33 bits per heavy atom. The molecule has 0 saturated heterocycles. The van der Waals surface area contributed by atoms with E-state index in [1.165, 1.54) is 12.1 Å². The van der Waals surface area contributed by atoms with Gasteiger partial charge in [0.1, 0.15) is 10.2 Å². The van der Waals surface area contributed by atoms with E-state index in [4.69, 9.17) is 23.2 Å². The van der Waals surface area contributed by atoms with Crippen molar-refractivity contribution in [2.24, 2.45) is 17.3 Å². The molecule has 1 aliphatic carbocycles. The number of allylic oxidation sites excluding steroid dienone is 1. The second kappa shape index (κ2) is 5.73. The summed E-state index contributed by atoms with van der Waals surface area (Å²) in [7, 11) is 0. The van der Waals surface area contributed by atoms with Gasteiger partial charge in [0, 0.05) is 0 Å². The van der Waals surface area contributed by atoms with E-state index >= 15 is 0 Å². The van der Waals surface area contributed by atoms with Gasteiger partial charge in [-0.2, -0.15) is 0 Å². The van der Waals surface area contributed by atoms with Crippen LogP contribution in [0.3, 0.4) is 0 Å². The molecule has 21 heavy (non-hydrogen) atoms. The van der Waals surface area contributed by atoms with Crippen molar-refractivity contribution in [3.8, 4) is 5.75 Å². The zero-order valence-electron chi connectivity index (χ0n) is 11.5. The van der Waals surface area contributed by atoms with Crippen molar-refractivity contribution >= 4 is 23.2 Å². The summed E-state index contributed by atoms with van der Waals surface area (Å²) in [4.78, 5) is 0.